The van der Waals surface area contributed by atoms with Crippen molar-refractivity contribution in [3.63, 3.8) is 0 Å². The normalized spacial score (nSPS) is 11.2. The number of hydrogen-bond donors (Lipinski definition) is 1. The number of anilines is 2. The molecule has 0 fully saturated rings. The molecular weight excluding hydrogens is 457 g/mol. The first-order valence-corrected chi connectivity index (χ1v) is 10.7. The third-order valence-electron chi connectivity index (χ3n) is 3.96. The highest BCUT2D eigenvalue weighted by Crippen LogP contribution is 2.29. The van der Waals surface area contributed by atoms with Crippen LogP contribution in [0.25, 0.3) is 0 Å². The minimum absolute atomic E-state index is 0.0473. The molecule has 0 aliphatic carbocycles. The molecule has 3 aromatic rings. The van der Waals surface area contributed by atoms with Gasteiger partial charge in [-0.25, -0.2) is 17.2 Å². The van der Waals surface area contributed by atoms with Gasteiger partial charge < -0.3 is 5.32 Å². The Morgan fingerprint density at radius 2 is 1.57 bits per heavy atom. The average Bonchev–Trinajstić information content (AvgIpc) is 2.68. The van der Waals surface area contributed by atoms with Crippen LogP contribution in [0, 0.1) is 11.6 Å². The Morgan fingerprint density at radius 3 is 2.17 bits per heavy atom. The third-order valence-corrected chi connectivity index (χ3v) is 6.18. The second kappa shape index (κ2) is 8.99. The molecule has 1 amide bonds. The number of nitrogens with zero attached hydrogens (tertiary/aromatic N) is 1. The van der Waals surface area contributed by atoms with Crippen molar-refractivity contribution in [2.24, 2.45) is 0 Å². The van der Waals surface area contributed by atoms with Crippen LogP contribution in [-0.4, -0.2) is 20.9 Å². The quantitative estimate of drug-likeness (QED) is 0.544. The van der Waals surface area contributed by atoms with Crippen molar-refractivity contribution in [3.05, 3.63) is 88.4 Å². The van der Waals surface area contributed by atoms with E-state index in [-0.39, 0.29) is 26.3 Å². The van der Waals surface area contributed by atoms with E-state index in [1.807, 2.05) is 0 Å². The van der Waals surface area contributed by atoms with Crippen LogP contribution in [0.3, 0.4) is 0 Å². The lowest BCUT2D eigenvalue weighted by Crippen LogP contribution is -2.38. The van der Waals surface area contributed by atoms with Crippen LogP contribution in [0.1, 0.15) is 0 Å². The second-order valence-corrected chi connectivity index (χ2v) is 8.86. The summed E-state index contributed by atoms with van der Waals surface area (Å²) in [5.41, 5.74) is -0.242. The van der Waals surface area contributed by atoms with Crippen LogP contribution >= 0.6 is 23.2 Å². The van der Waals surface area contributed by atoms with Crippen molar-refractivity contribution in [2.75, 3.05) is 16.2 Å². The first-order chi connectivity index (χ1) is 14.2. The van der Waals surface area contributed by atoms with Gasteiger partial charge >= 0.3 is 0 Å². The lowest BCUT2D eigenvalue weighted by molar-refractivity contribution is -0.114. The third kappa shape index (κ3) is 5.08. The van der Waals surface area contributed by atoms with Crippen LogP contribution in [0.5, 0.6) is 0 Å². The van der Waals surface area contributed by atoms with Gasteiger partial charge in [0.05, 0.1) is 16.3 Å². The molecule has 0 aromatic heterocycles. The molecule has 3 rings (SSSR count). The maximum atomic E-state index is 13.9. The zero-order chi connectivity index (χ0) is 21.9. The van der Waals surface area contributed by atoms with Gasteiger partial charge in [0.25, 0.3) is 10.0 Å². The summed E-state index contributed by atoms with van der Waals surface area (Å²) in [4.78, 5) is 12.5. The summed E-state index contributed by atoms with van der Waals surface area (Å²) in [6.07, 6.45) is 0. The molecule has 0 radical (unpaired) electrons. The van der Waals surface area contributed by atoms with Crippen molar-refractivity contribution < 1.29 is 22.0 Å². The van der Waals surface area contributed by atoms with E-state index in [4.69, 9.17) is 23.2 Å². The minimum atomic E-state index is -4.19. The fourth-order valence-electron chi connectivity index (χ4n) is 2.63. The summed E-state index contributed by atoms with van der Waals surface area (Å²) in [6, 6.07) is 14.1. The molecule has 10 heteroatoms. The molecule has 0 bridgehead atoms. The number of carbonyl (C=O) groups excluding carboxylic acids is 1. The van der Waals surface area contributed by atoms with E-state index in [0.717, 1.165) is 16.4 Å². The number of halogens is 4. The number of sulfonamides is 1. The van der Waals surface area contributed by atoms with E-state index < -0.39 is 34.1 Å². The highest BCUT2D eigenvalue weighted by molar-refractivity contribution is 7.92. The summed E-state index contributed by atoms with van der Waals surface area (Å²) in [5, 5.41) is 2.56. The summed E-state index contributed by atoms with van der Waals surface area (Å²) < 4.78 is 54.1. The predicted octanol–water partition coefficient (Wildman–Crippen LogP) is 5.11. The summed E-state index contributed by atoms with van der Waals surface area (Å²) in [5.74, 6) is -2.66. The molecular formula is C20H14Cl2F2N2O3S. The highest BCUT2D eigenvalue weighted by Gasteiger charge is 2.28. The minimum Gasteiger partial charge on any atom is -0.322 e. The van der Waals surface area contributed by atoms with Crippen molar-refractivity contribution >= 4 is 50.5 Å². The zero-order valence-electron chi connectivity index (χ0n) is 15.2. The van der Waals surface area contributed by atoms with Gasteiger partial charge in [0.1, 0.15) is 18.2 Å². The molecule has 0 atom stereocenters. The number of hydrogen-bond acceptors (Lipinski definition) is 3. The SMILES string of the molecule is O=C(CN(c1cc(Cl)cc(Cl)c1)S(=O)(=O)c1ccccc1)Nc1ccc(F)cc1F. The van der Waals surface area contributed by atoms with Gasteiger partial charge in [0.2, 0.25) is 5.91 Å². The van der Waals surface area contributed by atoms with Gasteiger partial charge in [0.15, 0.2) is 0 Å². The van der Waals surface area contributed by atoms with E-state index in [0.29, 0.717) is 6.07 Å². The van der Waals surface area contributed by atoms with Gasteiger partial charge in [-0.3, -0.25) is 9.10 Å². The van der Waals surface area contributed by atoms with E-state index in [1.165, 1.54) is 42.5 Å². The van der Waals surface area contributed by atoms with Crippen LogP contribution in [0.15, 0.2) is 71.6 Å². The standard InChI is InChI=1S/C20H14Cl2F2N2O3S/c21-13-8-14(22)10-16(9-13)26(30(28,29)17-4-2-1-3-5-17)12-20(27)25-19-7-6-15(23)11-18(19)24/h1-11H,12H2,(H,25,27). The molecule has 0 saturated carbocycles. The monoisotopic (exact) mass is 470 g/mol. The molecule has 1 N–H and O–H groups in total. The Morgan fingerprint density at radius 1 is 0.933 bits per heavy atom. The van der Waals surface area contributed by atoms with Crippen LogP contribution in [-0.2, 0) is 14.8 Å². The maximum Gasteiger partial charge on any atom is 0.264 e. The summed E-state index contributed by atoms with van der Waals surface area (Å²) in [7, 11) is -4.19. The summed E-state index contributed by atoms with van der Waals surface area (Å²) in [6.45, 7) is -0.704. The number of carbonyl (C=O) groups is 1. The smallest absolute Gasteiger partial charge is 0.264 e. The first kappa shape index (κ1) is 22.0. The van der Waals surface area contributed by atoms with Crippen molar-refractivity contribution in [3.8, 4) is 0 Å². The predicted molar refractivity (Wildman–Crippen MR) is 112 cm³/mol. The van der Waals surface area contributed by atoms with Crippen LogP contribution in [0.4, 0.5) is 20.2 Å². The molecule has 0 saturated heterocycles. The van der Waals surface area contributed by atoms with Gasteiger partial charge in [0, 0.05) is 16.1 Å². The Hall–Kier alpha value is -2.68. The van der Waals surface area contributed by atoms with Crippen molar-refractivity contribution in [2.45, 2.75) is 4.90 Å². The van der Waals surface area contributed by atoms with Gasteiger partial charge in [-0.05, 0) is 42.5 Å². The summed E-state index contributed by atoms with van der Waals surface area (Å²) >= 11 is 12.0. The largest absolute Gasteiger partial charge is 0.322 e. The second-order valence-electron chi connectivity index (χ2n) is 6.12. The Labute approximate surface area is 181 Å². The number of benzene rings is 3. The molecule has 0 spiro atoms. The molecule has 156 valence electrons. The van der Waals surface area contributed by atoms with Crippen molar-refractivity contribution in [1.82, 2.24) is 0 Å². The lowest BCUT2D eigenvalue weighted by atomic mass is 10.3. The molecule has 30 heavy (non-hydrogen) atoms. The fourth-order valence-corrected chi connectivity index (χ4v) is 4.57. The molecule has 0 aliphatic rings. The van der Waals surface area contributed by atoms with Gasteiger partial charge in [-0.2, -0.15) is 0 Å². The fraction of sp³-hybridized carbons (Fsp3) is 0.0500. The zero-order valence-corrected chi connectivity index (χ0v) is 17.5. The number of nitrogens with one attached hydrogen (secondary N) is 1. The maximum absolute atomic E-state index is 13.9. The number of amides is 1. The van der Waals surface area contributed by atoms with E-state index >= 15 is 0 Å². The van der Waals surface area contributed by atoms with E-state index in [1.54, 1.807) is 6.07 Å². The highest BCUT2D eigenvalue weighted by atomic mass is 35.5. The molecule has 3 aromatic carbocycles. The Balaban J connectivity index is 1.98. The molecule has 0 aliphatic heterocycles. The Bertz CT molecular complexity index is 1170. The van der Waals surface area contributed by atoms with E-state index in [9.17, 15) is 22.0 Å². The topological polar surface area (TPSA) is 66.5 Å². The van der Waals surface area contributed by atoms with E-state index in [2.05, 4.69) is 5.32 Å². The first-order valence-electron chi connectivity index (χ1n) is 8.45. The van der Waals surface area contributed by atoms with Crippen molar-refractivity contribution in [1.29, 1.82) is 0 Å². The molecule has 0 heterocycles. The number of rotatable bonds is 6. The van der Waals surface area contributed by atoms with Gasteiger partial charge in [-0.15, -0.1) is 0 Å². The molecule has 0 unspecified atom stereocenters. The Kier molecular flexibility index (Phi) is 6.60. The van der Waals surface area contributed by atoms with Crippen LogP contribution in [0.2, 0.25) is 10.0 Å². The average molecular weight is 471 g/mol. The molecule has 5 nitrogen and oxygen atoms in total. The lowest BCUT2D eigenvalue weighted by Gasteiger charge is -2.24. The van der Waals surface area contributed by atoms with Crippen LogP contribution < -0.4 is 9.62 Å². The van der Waals surface area contributed by atoms with Gasteiger partial charge in [-0.1, -0.05) is 41.4 Å².